The molecule has 7 nitrogen and oxygen atoms in total. The van der Waals surface area contributed by atoms with Gasteiger partial charge >= 0.3 is 0 Å². The summed E-state index contributed by atoms with van der Waals surface area (Å²) in [5.41, 5.74) is 11.3. The van der Waals surface area contributed by atoms with Crippen LogP contribution in [0, 0.1) is 0 Å². The molecule has 2 aromatic rings. The van der Waals surface area contributed by atoms with Crippen LogP contribution < -0.4 is 16.1 Å². The Bertz CT molecular complexity index is 751. The molecule has 25 heavy (non-hydrogen) atoms. The van der Waals surface area contributed by atoms with Gasteiger partial charge in [0, 0.05) is 24.2 Å². The Morgan fingerprint density at radius 3 is 2.80 bits per heavy atom. The van der Waals surface area contributed by atoms with E-state index in [1.54, 1.807) is 23.5 Å². The van der Waals surface area contributed by atoms with E-state index in [0.717, 1.165) is 35.2 Å². The molecule has 0 unspecified atom stereocenters. The predicted molar refractivity (Wildman–Crippen MR) is 100 cm³/mol. The second-order valence-corrected chi connectivity index (χ2v) is 6.59. The minimum absolute atomic E-state index is 0.186. The average molecular weight is 359 g/mol. The van der Waals surface area contributed by atoms with Crippen LogP contribution in [-0.2, 0) is 16.0 Å². The van der Waals surface area contributed by atoms with E-state index in [1.807, 2.05) is 24.4 Å². The summed E-state index contributed by atoms with van der Waals surface area (Å²) in [5, 5.41) is 7.00. The number of thiazole rings is 1. The molecule has 2 heterocycles. The highest BCUT2D eigenvalue weighted by Crippen LogP contribution is 2.21. The van der Waals surface area contributed by atoms with Crippen LogP contribution in [0.2, 0.25) is 0 Å². The lowest BCUT2D eigenvalue weighted by atomic mass is 10.1. The number of carbonyl (C=O) groups is 1. The number of nitrogens with two attached hydrogens (primary N) is 1. The lowest BCUT2D eigenvalue weighted by Crippen LogP contribution is -2.36. The highest BCUT2D eigenvalue weighted by Gasteiger charge is 2.15. The molecule has 0 aliphatic carbocycles. The standard InChI is InChI=1S/C17H21N5O2S/c1-12(13-2-4-14(18)5-3-13)20-21-16(23)10-15-11-25-17(19-15)22-6-8-24-9-7-22/h2-5,11H,6-10,18H2,1H3,(H,21,23)/b20-12-. The van der Waals surface area contributed by atoms with Crippen molar-refractivity contribution in [2.75, 3.05) is 36.9 Å². The summed E-state index contributed by atoms with van der Waals surface area (Å²) in [6.45, 7) is 4.95. The van der Waals surface area contributed by atoms with Crippen LogP contribution in [-0.4, -0.2) is 42.9 Å². The van der Waals surface area contributed by atoms with Crippen molar-refractivity contribution in [1.29, 1.82) is 0 Å². The number of amides is 1. The van der Waals surface area contributed by atoms with E-state index in [2.05, 4.69) is 20.4 Å². The van der Waals surface area contributed by atoms with Gasteiger partial charge in [0.25, 0.3) is 0 Å². The summed E-state index contributed by atoms with van der Waals surface area (Å²) >= 11 is 1.55. The van der Waals surface area contributed by atoms with E-state index >= 15 is 0 Å². The molecule has 3 rings (SSSR count). The van der Waals surface area contributed by atoms with Crippen LogP contribution in [0.25, 0.3) is 0 Å². The van der Waals surface area contributed by atoms with E-state index in [-0.39, 0.29) is 12.3 Å². The molecule has 0 atom stereocenters. The molecule has 1 aromatic carbocycles. The lowest BCUT2D eigenvalue weighted by molar-refractivity contribution is -0.120. The van der Waals surface area contributed by atoms with Gasteiger partial charge in [-0.2, -0.15) is 5.10 Å². The van der Waals surface area contributed by atoms with E-state index < -0.39 is 0 Å². The van der Waals surface area contributed by atoms with Crippen LogP contribution in [0.15, 0.2) is 34.7 Å². The van der Waals surface area contributed by atoms with Gasteiger partial charge in [-0.3, -0.25) is 4.79 Å². The molecule has 0 saturated carbocycles. The van der Waals surface area contributed by atoms with E-state index in [9.17, 15) is 4.79 Å². The van der Waals surface area contributed by atoms with Crippen LogP contribution in [0.5, 0.6) is 0 Å². The first-order valence-electron chi connectivity index (χ1n) is 8.08. The van der Waals surface area contributed by atoms with Crippen LogP contribution in [0.4, 0.5) is 10.8 Å². The average Bonchev–Trinajstić information content (AvgIpc) is 3.09. The molecule has 0 bridgehead atoms. The third-order valence-corrected chi connectivity index (χ3v) is 4.79. The Labute approximate surface area is 150 Å². The van der Waals surface area contributed by atoms with Crippen LogP contribution >= 0.6 is 11.3 Å². The fraction of sp³-hybridized carbons (Fsp3) is 0.353. The third-order valence-electron chi connectivity index (χ3n) is 3.84. The van der Waals surface area contributed by atoms with E-state index in [4.69, 9.17) is 10.5 Å². The fourth-order valence-electron chi connectivity index (χ4n) is 2.42. The lowest BCUT2D eigenvalue weighted by Gasteiger charge is -2.26. The highest BCUT2D eigenvalue weighted by molar-refractivity contribution is 7.13. The Kier molecular flexibility index (Phi) is 5.62. The fourth-order valence-corrected chi connectivity index (χ4v) is 3.30. The number of nitrogens with one attached hydrogen (secondary N) is 1. The van der Waals surface area contributed by atoms with Gasteiger partial charge in [-0.1, -0.05) is 12.1 Å². The van der Waals surface area contributed by atoms with Crippen molar-refractivity contribution in [2.24, 2.45) is 5.10 Å². The number of aromatic nitrogens is 1. The topological polar surface area (TPSA) is 92.8 Å². The van der Waals surface area contributed by atoms with Crippen molar-refractivity contribution in [3.8, 4) is 0 Å². The predicted octanol–water partition coefficient (Wildman–Crippen LogP) is 1.64. The minimum Gasteiger partial charge on any atom is -0.399 e. The Hall–Kier alpha value is -2.45. The maximum Gasteiger partial charge on any atom is 0.246 e. The molecule has 1 aliphatic heterocycles. The molecular formula is C17H21N5O2S. The summed E-state index contributed by atoms with van der Waals surface area (Å²) in [6, 6.07) is 7.35. The zero-order chi connectivity index (χ0) is 17.6. The molecule has 8 heteroatoms. The maximum atomic E-state index is 12.1. The van der Waals surface area contributed by atoms with Crippen LogP contribution in [0.1, 0.15) is 18.2 Å². The Morgan fingerprint density at radius 1 is 1.36 bits per heavy atom. The summed E-state index contributed by atoms with van der Waals surface area (Å²) in [4.78, 5) is 18.8. The molecule has 0 radical (unpaired) electrons. The number of hydrogen-bond donors (Lipinski definition) is 2. The van der Waals surface area contributed by atoms with Gasteiger partial charge < -0.3 is 15.4 Å². The molecule has 1 aromatic heterocycles. The first-order chi connectivity index (χ1) is 12.1. The number of hydrazone groups is 1. The molecule has 0 spiro atoms. The van der Waals surface area contributed by atoms with Crippen molar-refractivity contribution < 1.29 is 9.53 Å². The number of ether oxygens (including phenoxy) is 1. The monoisotopic (exact) mass is 359 g/mol. The number of anilines is 2. The molecular weight excluding hydrogens is 338 g/mol. The SMILES string of the molecule is C/C(=N/NC(=O)Cc1csc(N2CCOCC2)n1)c1ccc(N)cc1. The van der Waals surface area contributed by atoms with Gasteiger partial charge in [-0.25, -0.2) is 10.4 Å². The number of nitrogen functional groups attached to an aromatic ring is 1. The largest absolute Gasteiger partial charge is 0.399 e. The molecule has 1 amide bonds. The molecule has 3 N–H and O–H groups in total. The van der Waals surface area contributed by atoms with E-state index in [1.165, 1.54) is 0 Å². The number of rotatable bonds is 5. The normalized spacial score (nSPS) is 15.2. The van der Waals surface area contributed by atoms with Gasteiger partial charge in [0.1, 0.15) is 0 Å². The van der Waals surface area contributed by atoms with Gasteiger partial charge in [0.2, 0.25) is 5.91 Å². The van der Waals surface area contributed by atoms with Crippen LogP contribution in [0.3, 0.4) is 0 Å². The molecule has 1 fully saturated rings. The Morgan fingerprint density at radius 2 is 2.08 bits per heavy atom. The number of benzene rings is 1. The van der Waals surface area contributed by atoms with Crippen molar-refractivity contribution in [3.05, 3.63) is 40.9 Å². The second-order valence-electron chi connectivity index (χ2n) is 5.75. The summed E-state index contributed by atoms with van der Waals surface area (Å²) < 4.78 is 5.34. The van der Waals surface area contributed by atoms with Gasteiger partial charge in [-0.15, -0.1) is 11.3 Å². The van der Waals surface area contributed by atoms with E-state index in [0.29, 0.717) is 18.9 Å². The van der Waals surface area contributed by atoms with Crippen molar-refractivity contribution in [3.63, 3.8) is 0 Å². The number of carbonyl (C=O) groups excluding carboxylic acids is 1. The van der Waals surface area contributed by atoms with Gasteiger partial charge in [0.15, 0.2) is 5.13 Å². The smallest absolute Gasteiger partial charge is 0.246 e. The first-order valence-corrected chi connectivity index (χ1v) is 8.96. The van der Waals surface area contributed by atoms with Gasteiger partial charge in [0.05, 0.1) is 31.0 Å². The summed E-state index contributed by atoms with van der Waals surface area (Å²) in [6.07, 6.45) is 0.208. The van der Waals surface area contributed by atoms with Crippen molar-refractivity contribution >= 4 is 33.8 Å². The molecule has 132 valence electrons. The minimum atomic E-state index is -0.186. The van der Waals surface area contributed by atoms with Crippen molar-refractivity contribution in [1.82, 2.24) is 10.4 Å². The summed E-state index contributed by atoms with van der Waals surface area (Å²) in [7, 11) is 0. The number of hydrogen-bond acceptors (Lipinski definition) is 7. The van der Waals surface area contributed by atoms with Crippen molar-refractivity contribution in [2.45, 2.75) is 13.3 Å². The third kappa shape index (κ3) is 4.77. The quantitative estimate of drug-likeness (QED) is 0.481. The summed E-state index contributed by atoms with van der Waals surface area (Å²) in [5.74, 6) is -0.186. The zero-order valence-electron chi connectivity index (χ0n) is 14.1. The molecule has 1 saturated heterocycles. The zero-order valence-corrected chi connectivity index (χ0v) is 14.9. The first kappa shape index (κ1) is 17.4. The second kappa shape index (κ2) is 8.09. The Balaban J connectivity index is 1.54. The van der Waals surface area contributed by atoms with Gasteiger partial charge in [-0.05, 0) is 24.6 Å². The number of morpholine rings is 1. The maximum absolute atomic E-state index is 12.1. The number of nitrogens with zero attached hydrogens (tertiary/aromatic N) is 3. The molecule has 1 aliphatic rings. The highest BCUT2D eigenvalue weighted by atomic mass is 32.1.